The van der Waals surface area contributed by atoms with Gasteiger partial charge in [-0.1, -0.05) is 5.11 Å². The zero-order valence-electron chi connectivity index (χ0n) is 11.2. The summed E-state index contributed by atoms with van der Waals surface area (Å²) in [4.78, 5) is 18.5. The van der Waals surface area contributed by atoms with E-state index in [1.807, 2.05) is 43.3 Å². The Morgan fingerprint density at radius 1 is 1.42 bits per heavy atom. The van der Waals surface area contributed by atoms with E-state index >= 15 is 0 Å². The van der Waals surface area contributed by atoms with Gasteiger partial charge in [-0.3, -0.25) is 4.79 Å². The molecule has 1 heterocycles. The Kier molecular flexibility index (Phi) is 3.92. The minimum Gasteiger partial charge on any atom is -0.378 e. The summed E-state index contributed by atoms with van der Waals surface area (Å²) in [7, 11) is 3.96. The third-order valence-corrected chi connectivity index (χ3v) is 3.29. The number of hydrogen-bond acceptors (Lipinski definition) is 3. The Morgan fingerprint density at radius 2 is 2.11 bits per heavy atom. The van der Waals surface area contributed by atoms with Gasteiger partial charge in [0.05, 0.1) is 0 Å². The lowest BCUT2D eigenvalue weighted by Crippen LogP contribution is -2.24. The quantitative estimate of drug-likeness (QED) is 0.473. The van der Waals surface area contributed by atoms with Crippen LogP contribution in [0.4, 0.5) is 11.4 Å². The summed E-state index contributed by atoms with van der Waals surface area (Å²) < 4.78 is 0. The molecule has 1 aliphatic rings. The van der Waals surface area contributed by atoms with Gasteiger partial charge in [-0.05, 0) is 35.7 Å². The molecule has 0 aliphatic carbocycles. The lowest BCUT2D eigenvalue weighted by molar-refractivity contribution is -0.117. The Bertz CT molecular complexity index is 504. The zero-order chi connectivity index (χ0) is 13.8. The first-order valence-corrected chi connectivity index (χ1v) is 6.20. The van der Waals surface area contributed by atoms with Gasteiger partial charge in [-0.25, -0.2) is 0 Å². The highest BCUT2D eigenvalue weighted by Crippen LogP contribution is 2.26. The Morgan fingerprint density at radius 3 is 2.68 bits per heavy atom. The van der Waals surface area contributed by atoms with Crippen LogP contribution >= 0.6 is 0 Å². The van der Waals surface area contributed by atoms with Crippen LogP contribution in [0.25, 0.3) is 10.4 Å². The van der Waals surface area contributed by atoms with Crippen molar-refractivity contribution in [2.45, 2.75) is 6.42 Å². The van der Waals surface area contributed by atoms with Gasteiger partial charge in [0, 0.05) is 49.9 Å². The maximum absolute atomic E-state index is 11.9. The highest BCUT2D eigenvalue weighted by molar-refractivity contribution is 5.95. The largest absolute Gasteiger partial charge is 0.378 e. The number of hydrogen-bond donors (Lipinski definition) is 0. The smallest absolute Gasteiger partial charge is 0.227 e. The summed E-state index contributed by atoms with van der Waals surface area (Å²) in [6, 6.07) is 7.87. The second kappa shape index (κ2) is 5.63. The topological polar surface area (TPSA) is 72.3 Å². The van der Waals surface area contributed by atoms with Crippen LogP contribution in [0, 0.1) is 5.92 Å². The van der Waals surface area contributed by atoms with Crippen LogP contribution in [0.5, 0.6) is 0 Å². The minimum absolute atomic E-state index is 0.0933. The van der Waals surface area contributed by atoms with Crippen molar-refractivity contribution in [1.82, 2.24) is 0 Å². The highest BCUT2D eigenvalue weighted by atomic mass is 16.2. The molecule has 2 rings (SSSR count). The molecule has 100 valence electrons. The number of azide groups is 1. The van der Waals surface area contributed by atoms with Crippen LogP contribution in [-0.4, -0.2) is 33.1 Å². The fourth-order valence-electron chi connectivity index (χ4n) is 2.24. The number of benzene rings is 1. The van der Waals surface area contributed by atoms with E-state index in [9.17, 15) is 4.79 Å². The highest BCUT2D eigenvalue weighted by Gasteiger charge is 2.29. The number of nitrogens with zero attached hydrogens (tertiary/aromatic N) is 5. The average molecular weight is 259 g/mol. The summed E-state index contributed by atoms with van der Waals surface area (Å²) in [5.74, 6) is 0.215. The predicted molar refractivity (Wildman–Crippen MR) is 75.2 cm³/mol. The first kappa shape index (κ1) is 13.2. The molecule has 0 bridgehead atoms. The average Bonchev–Trinajstić information content (AvgIpc) is 2.77. The van der Waals surface area contributed by atoms with Gasteiger partial charge in [0.2, 0.25) is 5.91 Å². The summed E-state index contributed by atoms with van der Waals surface area (Å²) >= 11 is 0. The monoisotopic (exact) mass is 259 g/mol. The molecule has 0 spiro atoms. The van der Waals surface area contributed by atoms with Crippen molar-refractivity contribution in [2.24, 2.45) is 11.0 Å². The fraction of sp³-hybridized carbons (Fsp3) is 0.462. The van der Waals surface area contributed by atoms with Crippen molar-refractivity contribution in [2.75, 3.05) is 37.0 Å². The lowest BCUT2D eigenvalue weighted by atomic mass is 10.1. The van der Waals surface area contributed by atoms with Gasteiger partial charge >= 0.3 is 0 Å². The molecule has 0 N–H and O–H groups in total. The maximum atomic E-state index is 11.9. The lowest BCUT2D eigenvalue weighted by Gasteiger charge is -2.18. The third kappa shape index (κ3) is 2.98. The van der Waals surface area contributed by atoms with Crippen LogP contribution in [0.3, 0.4) is 0 Å². The number of carbonyl (C=O) groups is 1. The molecule has 1 fully saturated rings. The molecule has 6 heteroatoms. The molecule has 19 heavy (non-hydrogen) atoms. The van der Waals surface area contributed by atoms with Crippen LogP contribution in [-0.2, 0) is 4.79 Å². The van der Waals surface area contributed by atoms with E-state index < -0.39 is 0 Å². The van der Waals surface area contributed by atoms with Crippen molar-refractivity contribution < 1.29 is 4.79 Å². The second-order valence-electron chi connectivity index (χ2n) is 4.90. The molecule has 1 aliphatic heterocycles. The fourth-order valence-corrected chi connectivity index (χ4v) is 2.24. The summed E-state index contributed by atoms with van der Waals surface area (Å²) in [5, 5.41) is 3.55. The molecule has 1 unspecified atom stereocenters. The van der Waals surface area contributed by atoms with Crippen molar-refractivity contribution in [3.05, 3.63) is 34.7 Å². The van der Waals surface area contributed by atoms with Gasteiger partial charge in [0.15, 0.2) is 0 Å². The maximum Gasteiger partial charge on any atom is 0.227 e. The van der Waals surface area contributed by atoms with E-state index in [2.05, 4.69) is 10.0 Å². The molecule has 0 aromatic heterocycles. The molecule has 0 saturated carbocycles. The van der Waals surface area contributed by atoms with E-state index in [1.54, 1.807) is 4.90 Å². The SMILES string of the molecule is CN(C)c1ccc(N2CC(CN=[N+]=[N-])CC2=O)cc1. The van der Waals surface area contributed by atoms with Gasteiger partial charge in [0.25, 0.3) is 0 Å². The molecule has 1 atom stereocenters. The minimum atomic E-state index is 0.0933. The molecule has 1 aromatic rings. The van der Waals surface area contributed by atoms with Gasteiger partial charge < -0.3 is 9.80 Å². The Hall–Kier alpha value is -2.20. The first-order chi connectivity index (χ1) is 9.11. The zero-order valence-corrected chi connectivity index (χ0v) is 11.2. The first-order valence-electron chi connectivity index (χ1n) is 6.20. The molecule has 1 saturated heterocycles. The molecule has 0 radical (unpaired) electrons. The van der Waals surface area contributed by atoms with E-state index in [4.69, 9.17) is 5.53 Å². The molecule has 1 amide bonds. The summed E-state index contributed by atoms with van der Waals surface area (Å²) in [6.07, 6.45) is 0.453. The van der Waals surface area contributed by atoms with Crippen molar-refractivity contribution in [1.29, 1.82) is 0 Å². The van der Waals surface area contributed by atoms with Crippen LogP contribution in [0.1, 0.15) is 6.42 Å². The van der Waals surface area contributed by atoms with Gasteiger partial charge in [-0.2, -0.15) is 0 Å². The number of rotatable bonds is 4. The Balaban J connectivity index is 2.09. The molecular weight excluding hydrogens is 242 g/mol. The van der Waals surface area contributed by atoms with E-state index in [1.165, 1.54) is 0 Å². The molecule has 6 nitrogen and oxygen atoms in total. The van der Waals surface area contributed by atoms with Crippen LogP contribution < -0.4 is 9.80 Å². The predicted octanol–water partition coefficient (Wildman–Crippen LogP) is 2.42. The van der Waals surface area contributed by atoms with Crippen molar-refractivity contribution >= 4 is 17.3 Å². The molecule has 1 aromatic carbocycles. The third-order valence-electron chi connectivity index (χ3n) is 3.29. The van der Waals surface area contributed by atoms with Gasteiger partial charge in [-0.15, -0.1) is 0 Å². The normalized spacial score (nSPS) is 18.3. The number of anilines is 2. The van der Waals surface area contributed by atoms with E-state index in [-0.39, 0.29) is 11.8 Å². The summed E-state index contributed by atoms with van der Waals surface area (Å²) in [5.41, 5.74) is 10.3. The van der Waals surface area contributed by atoms with Crippen LogP contribution in [0.2, 0.25) is 0 Å². The van der Waals surface area contributed by atoms with E-state index in [0.29, 0.717) is 19.5 Å². The van der Waals surface area contributed by atoms with E-state index in [0.717, 1.165) is 11.4 Å². The molecular formula is C13H17N5O. The summed E-state index contributed by atoms with van der Waals surface area (Å²) in [6.45, 7) is 1.01. The van der Waals surface area contributed by atoms with Crippen LogP contribution in [0.15, 0.2) is 29.4 Å². The standard InChI is InChI=1S/C13H17N5O/c1-17(2)11-3-5-12(6-4-11)18-9-10(7-13(18)19)8-15-16-14/h3-6,10H,7-9H2,1-2H3. The number of carbonyl (C=O) groups excluding carboxylic acids is 1. The van der Waals surface area contributed by atoms with Crippen molar-refractivity contribution in [3.8, 4) is 0 Å². The Labute approximate surface area is 112 Å². The van der Waals surface area contributed by atoms with Gasteiger partial charge in [0.1, 0.15) is 0 Å². The second-order valence-corrected chi connectivity index (χ2v) is 4.90. The van der Waals surface area contributed by atoms with Crippen molar-refractivity contribution in [3.63, 3.8) is 0 Å². The number of amides is 1.